The minimum Gasteiger partial charge on any atom is -0.466 e. The van der Waals surface area contributed by atoms with Crippen molar-refractivity contribution in [1.82, 2.24) is 4.90 Å². The van der Waals surface area contributed by atoms with Crippen LogP contribution in [0.15, 0.2) is 0 Å². The van der Waals surface area contributed by atoms with Gasteiger partial charge < -0.3 is 9.84 Å². The Morgan fingerprint density at radius 1 is 1.60 bits per heavy atom. The molecule has 2 rings (SSSR count). The van der Waals surface area contributed by atoms with Gasteiger partial charge in [0.2, 0.25) is 0 Å². The third-order valence-electron chi connectivity index (χ3n) is 3.57. The number of hydrogen-bond acceptors (Lipinski definition) is 4. The molecule has 2 fully saturated rings. The second-order valence-electron chi connectivity index (χ2n) is 4.53. The highest BCUT2D eigenvalue weighted by molar-refractivity contribution is 5.71. The molecule has 4 heteroatoms. The summed E-state index contributed by atoms with van der Waals surface area (Å²) < 4.78 is 4.90. The van der Waals surface area contributed by atoms with Gasteiger partial charge in [-0.25, -0.2) is 0 Å². The van der Waals surface area contributed by atoms with Crippen LogP contribution in [0.25, 0.3) is 0 Å². The maximum atomic E-state index is 11.4. The highest BCUT2D eigenvalue weighted by atomic mass is 16.5. The van der Waals surface area contributed by atoms with E-state index in [-0.39, 0.29) is 18.4 Å². The van der Waals surface area contributed by atoms with Gasteiger partial charge in [-0.3, -0.25) is 9.69 Å². The molecule has 15 heavy (non-hydrogen) atoms. The van der Waals surface area contributed by atoms with Gasteiger partial charge in [0, 0.05) is 12.6 Å². The summed E-state index contributed by atoms with van der Waals surface area (Å²) in [5, 5.41) is 10.4. The number of ether oxygens (including phenoxy) is 1. The fourth-order valence-electron chi connectivity index (χ4n) is 2.87. The Bertz CT molecular complexity index is 256. The standard InChI is InChI=1S/C11H19NO3/c1-2-15-10(13)8-11(14)5-7-12-6-3-4-9(11)12/h9,14H,2-8H2,1H3. The average Bonchev–Trinajstić information content (AvgIpc) is 2.71. The molecule has 0 saturated carbocycles. The Balaban J connectivity index is 1.97. The predicted octanol–water partition coefficient (Wildman–Crippen LogP) is 0.539. The van der Waals surface area contributed by atoms with Crippen molar-refractivity contribution in [2.45, 2.75) is 44.2 Å². The van der Waals surface area contributed by atoms with Crippen LogP contribution < -0.4 is 0 Å². The van der Waals surface area contributed by atoms with Gasteiger partial charge >= 0.3 is 5.97 Å². The van der Waals surface area contributed by atoms with Gasteiger partial charge in [0.25, 0.3) is 0 Å². The molecule has 0 aliphatic carbocycles. The van der Waals surface area contributed by atoms with Crippen molar-refractivity contribution in [3.63, 3.8) is 0 Å². The van der Waals surface area contributed by atoms with Crippen LogP contribution in [-0.4, -0.2) is 47.3 Å². The zero-order chi connectivity index (χ0) is 10.9. The topological polar surface area (TPSA) is 49.8 Å². The Hall–Kier alpha value is -0.610. The zero-order valence-corrected chi connectivity index (χ0v) is 9.24. The summed E-state index contributed by atoms with van der Waals surface area (Å²) in [7, 11) is 0. The summed E-state index contributed by atoms with van der Waals surface area (Å²) in [6, 6.07) is 0.182. The maximum absolute atomic E-state index is 11.4. The molecule has 2 atom stereocenters. The molecule has 0 radical (unpaired) electrons. The second kappa shape index (κ2) is 4.10. The molecule has 0 amide bonds. The van der Waals surface area contributed by atoms with Crippen molar-refractivity contribution in [1.29, 1.82) is 0 Å². The number of aliphatic hydroxyl groups is 1. The highest BCUT2D eigenvalue weighted by Crippen LogP contribution is 2.38. The van der Waals surface area contributed by atoms with E-state index >= 15 is 0 Å². The predicted molar refractivity (Wildman–Crippen MR) is 55.4 cm³/mol. The fraction of sp³-hybridized carbons (Fsp3) is 0.909. The molecule has 0 aromatic heterocycles. The molecular formula is C11H19NO3. The van der Waals surface area contributed by atoms with Gasteiger partial charge in [0.15, 0.2) is 0 Å². The summed E-state index contributed by atoms with van der Waals surface area (Å²) in [6.07, 6.45) is 3.00. The van der Waals surface area contributed by atoms with Crippen molar-refractivity contribution in [2.75, 3.05) is 19.7 Å². The van der Waals surface area contributed by atoms with E-state index in [0.29, 0.717) is 13.0 Å². The van der Waals surface area contributed by atoms with E-state index in [4.69, 9.17) is 4.74 Å². The first-order valence-corrected chi connectivity index (χ1v) is 5.78. The number of esters is 1. The van der Waals surface area contributed by atoms with Crippen LogP contribution in [0.5, 0.6) is 0 Å². The maximum Gasteiger partial charge on any atom is 0.308 e. The average molecular weight is 213 g/mol. The first-order valence-electron chi connectivity index (χ1n) is 5.78. The summed E-state index contributed by atoms with van der Waals surface area (Å²) in [4.78, 5) is 13.7. The van der Waals surface area contributed by atoms with Gasteiger partial charge in [-0.2, -0.15) is 0 Å². The lowest BCUT2D eigenvalue weighted by molar-refractivity contribution is -0.149. The highest BCUT2D eigenvalue weighted by Gasteiger charge is 2.49. The molecule has 4 nitrogen and oxygen atoms in total. The normalized spacial score (nSPS) is 35.5. The van der Waals surface area contributed by atoms with Crippen LogP contribution in [0.3, 0.4) is 0 Å². The van der Waals surface area contributed by atoms with E-state index in [1.165, 1.54) is 0 Å². The van der Waals surface area contributed by atoms with Crippen LogP contribution in [-0.2, 0) is 9.53 Å². The molecule has 2 aliphatic heterocycles. The summed E-state index contributed by atoms with van der Waals surface area (Å²) in [5.74, 6) is -0.270. The minimum absolute atomic E-state index is 0.155. The van der Waals surface area contributed by atoms with Crippen LogP contribution in [0, 0.1) is 0 Å². The first kappa shape index (κ1) is 10.9. The molecule has 0 aromatic rings. The lowest BCUT2D eigenvalue weighted by atomic mass is 9.89. The fourth-order valence-corrected chi connectivity index (χ4v) is 2.87. The molecule has 0 aromatic carbocycles. The molecule has 0 spiro atoms. The summed E-state index contributed by atoms with van der Waals surface area (Å²) in [6.45, 7) is 4.16. The third-order valence-corrected chi connectivity index (χ3v) is 3.57. The number of nitrogens with zero attached hydrogens (tertiary/aromatic N) is 1. The molecule has 1 N–H and O–H groups in total. The molecule has 0 bridgehead atoms. The van der Waals surface area contributed by atoms with Crippen molar-refractivity contribution in [3.05, 3.63) is 0 Å². The lowest BCUT2D eigenvalue weighted by Crippen LogP contribution is -2.43. The van der Waals surface area contributed by atoms with E-state index in [2.05, 4.69) is 4.90 Å². The van der Waals surface area contributed by atoms with E-state index in [9.17, 15) is 9.90 Å². The van der Waals surface area contributed by atoms with Crippen molar-refractivity contribution in [2.24, 2.45) is 0 Å². The minimum atomic E-state index is -0.831. The van der Waals surface area contributed by atoms with E-state index in [1.807, 2.05) is 0 Å². The number of carbonyl (C=O) groups is 1. The van der Waals surface area contributed by atoms with Crippen LogP contribution >= 0.6 is 0 Å². The smallest absolute Gasteiger partial charge is 0.308 e. The van der Waals surface area contributed by atoms with Gasteiger partial charge in [-0.15, -0.1) is 0 Å². The Kier molecular flexibility index (Phi) is 2.98. The van der Waals surface area contributed by atoms with E-state index < -0.39 is 5.60 Å². The van der Waals surface area contributed by atoms with Crippen molar-refractivity contribution < 1.29 is 14.6 Å². The van der Waals surface area contributed by atoms with E-state index in [0.717, 1.165) is 25.9 Å². The third kappa shape index (κ3) is 2.01. The van der Waals surface area contributed by atoms with Crippen molar-refractivity contribution >= 4 is 5.97 Å². The van der Waals surface area contributed by atoms with Crippen molar-refractivity contribution in [3.8, 4) is 0 Å². The van der Waals surface area contributed by atoms with Crippen LogP contribution in [0.1, 0.15) is 32.6 Å². The summed E-state index contributed by atoms with van der Waals surface area (Å²) >= 11 is 0. The quantitative estimate of drug-likeness (QED) is 0.695. The van der Waals surface area contributed by atoms with E-state index in [1.54, 1.807) is 6.92 Å². The van der Waals surface area contributed by atoms with Crippen LogP contribution in [0.2, 0.25) is 0 Å². The largest absolute Gasteiger partial charge is 0.466 e. The Labute approximate surface area is 90.2 Å². The first-order chi connectivity index (χ1) is 7.15. The second-order valence-corrected chi connectivity index (χ2v) is 4.53. The molecule has 2 heterocycles. The molecule has 2 aliphatic rings. The summed E-state index contributed by atoms with van der Waals surface area (Å²) in [5.41, 5.74) is -0.831. The zero-order valence-electron chi connectivity index (χ0n) is 9.24. The lowest BCUT2D eigenvalue weighted by Gasteiger charge is -2.28. The Morgan fingerprint density at radius 3 is 3.13 bits per heavy atom. The van der Waals surface area contributed by atoms with Gasteiger partial charge in [0.05, 0.1) is 18.6 Å². The van der Waals surface area contributed by atoms with Gasteiger partial charge in [-0.1, -0.05) is 0 Å². The molecule has 86 valence electrons. The van der Waals surface area contributed by atoms with Gasteiger partial charge in [-0.05, 0) is 32.7 Å². The number of fused-ring (bicyclic) bond motifs is 1. The Morgan fingerprint density at radius 2 is 2.40 bits per heavy atom. The monoisotopic (exact) mass is 213 g/mol. The molecular weight excluding hydrogens is 194 g/mol. The molecule has 2 unspecified atom stereocenters. The molecule has 2 saturated heterocycles. The number of rotatable bonds is 3. The van der Waals surface area contributed by atoms with Crippen LogP contribution in [0.4, 0.5) is 0 Å². The SMILES string of the molecule is CCOC(=O)CC1(O)CCN2CCCC21. The number of carbonyl (C=O) groups excluding carboxylic acids is 1. The number of hydrogen-bond donors (Lipinski definition) is 1. The van der Waals surface area contributed by atoms with Gasteiger partial charge in [0.1, 0.15) is 0 Å².